The fourth-order valence-corrected chi connectivity index (χ4v) is 2.72. The number of hydrogen-bond acceptors (Lipinski definition) is 4. The Kier molecular flexibility index (Phi) is 4.84. The highest BCUT2D eigenvalue weighted by Gasteiger charge is 2.32. The summed E-state index contributed by atoms with van der Waals surface area (Å²) in [6, 6.07) is 7.48. The maximum Gasteiger partial charge on any atom is 0.169 e. The molecule has 2 aromatic rings. The van der Waals surface area contributed by atoms with Crippen LogP contribution >= 0.6 is 15.9 Å². The van der Waals surface area contributed by atoms with Crippen molar-refractivity contribution in [3.8, 4) is 11.3 Å². The zero-order valence-electron chi connectivity index (χ0n) is 12.8. The molecule has 2 rings (SSSR count). The summed E-state index contributed by atoms with van der Waals surface area (Å²) in [6.07, 6.45) is 0. The number of Topliss-reactive ketones (excluding diaryl/α,β-unsaturated/α-hetero) is 1. The van der Waals surface area contributed by atoms with E-state index in [9.17, 15) is 9.90 Å². The van der Waals surface area contributed by atoms with E-state index in [0.29, 0.717) is 5.69 Å². The summed E-state index contributed by atoms with van der Waals surface area (Å²) in [5.41, 5.74) is 2.18. The molecule has 1 aromatic heterocycles. The Hall–Kier alpha value is -1.50. The van der Waals surface area contributed by atoms with Crippen molar-refractivity contribution in [1.82, 2.24) is 9.78 Å². The van der Waals surface area contributed by atoms with Crippen LogP contribution in [0.3, 0.4) is 0 Å². The molecule has 0 saturated carbocycles. The van der Waals surface area contributed by atoms with E-state index in [0.717, 1.165) is 21.3 Å². The third-order valence-electron chi connectivity index (χ3n) is 3.87. The summed E-state index contributed by atoms with van der Waals surface area (Å²) in [5, 5.41) is 23.1. The van der Waals surface area contributed by atoms with Gasteiger partial charge in [0.05, 0.1) is 23.4 Å². The van der Waals surface area contributed by atoms with Gasteiger partial charge >= 0.3 is 0 Å². The van der Waals surface area contributed by atoms with Crippen molar-refractivity contribution in [2.75, 3.05) is 6.61 Å². The second kappa shape index (κ2) is 6.32. The third kappa shape index (κ3) is 2.99. The first-order valence-electron chi connectivity index (χ1n) is 6.89. The van der Waals surface area contributed by atoms with Crippen LogP contribution < -0.4 is 0 Å². The molecule has 0 aliphatic carbocycles. The summed E-state index contributed by atoms with van der Waals surface area (Å²) in [6.45, 7) is 2.88. The molecule has 6 heteroatoms. The number of aryl methyl sites for hydroxylation is 1. The van der Waals surface area contributed by atoms with Crippen molar-refractivity contribution in [1.29, 1.82) is 0 Å². The van der Waals surface area contributed by atoms with Gasteiger partial charge in [0.1, 0.15) is 6.61 Å². The lowest BCUT2D eigenvalue weighted by atomic mass is 9.84. The number of carbonyl (C=O) groups excluding carboxylic acids is 1. The first-order chi connectivity index (χ1) is 10.3. The second-order valence-electron chi connectivity index (χ2n) is 5.70. The molecule has 5 nitrogen and oxygen atoms in total. The molecule has 0 radical (unpaired) electrons. The van der Waals surface area contributed by atoms with Crippen molar-refractivity contribution < 1.29 is 15.0 Å². The Morgan fingerprint density at radius 1 is 1.32 bits per heavy atom. The highest BCUT2D eigenvalue weighted by Crippen LogP contribution is 2.31. The van der Waals surface area contributed by atoms with Crippen molar-refractivity contribution in [2.45, 2.75) is 25.9 Å². The fraction of sp³-hybridized carbons (Fsp3) is 0.375. The number of hydrogen-bond donors (Lipinski definition) is 2. The van der Waals surface area contributed by atoms with Crippen LogP contribution in [-0.2, 0) is 23.9 Å². The van der Waals surface area contributed by atoms with E-state index in [2.05, 4.69) is 21.0 Å². The maximum atomic E-state index is 11.9. The van der Waals surface area contributed by atoms with E-state index in [-0.39, 0.29) is 12.4 Å². The molecule has 0 fully saturated rings. The predicted octanol–water partition coefficient (Wildman–Crippen LogP) is 2.18. The third-order valence-corrected chi connectivity index (χ3v) is 4.37. The highest BCUT2D eigenvalue weighted by molar-refractivity contribution is 9.10. The van der Waals surface area contributed by atoms with Gasteiger partial charge in [0.2, 0.25) is 0 Å². The molecule has 2 N–H and O–H groups in total. The Balaban J connectivity index is 2.54. The summed E-state index contributed by atoms with van der Waals surface area (Å²) >= 11 is 3.39. The lowest BCUT2D eigenvalue weighted by Gasteiger charge is -2.18. The Morgan fingerprint density at radius 3 is 2.59 bits per heavy atom. The molecule has 0 atom stereocenters. The van der Waals surface area contributed by atoms with E-state index in [4.69, 9.17) is 5.11 Å². The predicted molar refractivity (Wildman–Crippen MR) is 87.4 cm³/mol. The molecule has 1 aromatic carbocycles. The van der Waals surface area contributed by atoms with Crippen molar-refractivity contribution >= 4 is 21.7 Å². The molecule has 0 spiro atoms. The summed E-state index contributed by atoms with van der Waals surface area (Å²) in [7, 11) is 1.79. The molecule has 22 heavy (non-hydrogen) atoms. The first kappa shape index (κ1) is 16.9. The average molecular weight is 367 g/mol. The van der Waals surface area contributed by atoms with Crippen molar-refractivity contribution in [2.24, 2.45) is 7.05 Å². The molecule has 1 heterocycles. The van der Waals surface area contributed by atoms with Gasteiger partial charge in [0.15, 0.2) is 5.78 Å². The van der Waals surface area contributed by atoms with Crippen LogP contribution in [0, 0.1) is 0 Å². The van der Waals surface area contributed by atoms with Crippen LogP contribution in [0.15, 0.2) is 28.7 Å². The molecular formula is C16H19BrN2O3. The minimum absolute atomic E-state index is 0.0890. The zero-order valence-corrected chi connectivity index (χ0v) is 14.4. The lowest BCUT2D eigenvalue weighted by molar-refractivity contribution is -0.126. The number of ketones is 1. The number of aliphatic hydroxyl groups is 2. The van der Waals surface area contributed by atoms with Gasteiger partial charge in [-0.15, -0.1) is 0 Å². The van der Waals surface area contributed by atoms with Gasteiger partial charge in [-0.05, 0) is 37.6 Å². The molecule has 0 saturated heterocycles. The van der Waals surface area contributed by atoms with Gasteiger partial charge in [-0.3, -0.25) is 9.48 Å². The Labute approximate surface area is 137 Å². The number of aromatic nitrogens is 2. The van der Waals surface area contributed by atoms with Crippen LogP contribution in [0.1, 0.15) is 25.1 Å². The second-order valence-corrected chi connectivity index (χ2v) is 6.62. The van der Waals surface area contributed by atoms with Gasteiger partial charge in [0.25, 0.3) is 0 Å². The first-order valence-corrected chi connectivity index (χ1v) is 7.69. The standard InChI is InChI=1S/C16H19BrN2O3/c1-16(2,15(22)9-21)14-7-13(19(3)18-14)12-5-4-11(17)6-10(12)8-20/h4-7,20-21H,8-9H2,1-3H3. The SMILES string of the molecule is Cn1nc(C(C)(C)C(=O)CO)cc1-c1ccc(Br)cc1CO. The summed E-state index contributed by atoms with van der Waals surface area (Å²) < 4.78 is 2.57. The van der Waals surface area contributed by atoms with Gasteiger partial charge < -0.3 is 10.2 Å². The van der Waals surface area contributed by atoms with Crippen LogP contribution in [0.4, 0.5) is 0 Å². The topological polar surface area (TPSA) is 75.4 Å². The van der Waals surface area contributed by atoms with Gasteiger partial charge in [0, 0.05) is 17.1 Å². The Morgan fingerprint density at radius 2 is 2.00 bits per heavy atom. The highest BCUT2D eigenvalue weighted by atomic mass is 79.9. The number of carbonyl (C=O) groups is 1. The zero-order chi connectivity index (χ0) is 16.5. The van der Waals surface area contributed by atoms with Crippen LogP contribution in [0.2, 0.25) is 0 Å². The average Bonchev–Trinajstić information content (AvgIpc) is 2.88. The number of nitrogens with zero attached hydrogens (tertiary/aromatic N) is 2. The van der Waals surface area contributed by atoms with E-state index in [1.54, 1.807) is 25.6 Å². The van der Waals surface area contributed by atoms with Gasteiger partial charge in [-0.2, -0.15) is 5.10 Å². The maximum absolute atomic E-state index is 11.9. The minimum atomic E-state index is -0.862. The van der Waals surface area contributed by atoms with Crippen LogP contribution in [0.5, 0.6) is 0 Å². The number of benzene rings is 1. The quantitative estimate of drug-likeness (QED) is 0.850. The molecule has 0 amide bonds. The number of halogens is 1. The molecule has 0 aliphatic heterocycles. The van der Waals surface area contributed by atoms with Gasteiger partial charge in [-0.25, -0.2) is 0 Å². The Bertz CT molecular complexity index is 707. The van der Waals surface area contributed by atoms with E-state index in [1.807, 2.05) is 24.3 Å². The molecule has 118 valence electrons. The molecular weight excluding hydrogens is 348 g/mol. The fourth-order valence-electron chi connectivity index (χ4n) is 2.31. The van der Waals surface area contributed by atoms with Crippen LogP contribution in [-0.4, -0.2) is 32.4 Å². The minimum Gasteiger partial charge on any atom is -0.392 e. The lowest BCUT2D eigenvalue weighted by Crippen LogP contribution is -2.32. The largest absolute Gasteiger partial charge is 0.392 e. The van der Waals surface area contributed by atoms with Crippen molar-refractivity contribution in [3.05, 3.63) is 40.0 Å². The molecule has 0 unspecified atom stereocenters. The smallest absolute Gasteiger partial charge is 0.169 e. The van der Waals surface area contributed by atoms with Crippen molar-refractivity contribution in [3.63, 3.8) is 0 Å². The monoisotopic (exact) mass is 366 g/mol. The summed E-state index contributed by atoms with van der Waals surface area (Å²) in [4.78, 5) is 11.9. The van der Waals surface area contributed by atoms with E-state index < -0.39 is 12.0 Å². The van der Waals surface area contributed by atoms with E-state index in [1.165, 1.54) is 0 Å². The summed E-state index contributed by atoms with van der Waals surface area (Å²) in [5.74, 6) is -0.282. The number of aliphatic hydroxyl groups excluding tert-OH is 2. The van der Waals surface area contributed by atoms with Crippen LogP contribution in [0.25, 0.3) is 11.3 Å². The molecule has 0 bridgehead atoms. The number of rotatable bonds is 5. The molecule has 0 aliphatic rings. The normalized spacial score (nSPS) is 11.7. The van der Waals surface area contributed by atoms with E-state index >= 15 is 0 Å². The van der Waals surface area contributed by atoms with Gasteiger partial charge in [-0.1, -0.05) is 22.0 Å².